The third-order valence-electron chi connectivity index (χ3n) is 2.41. The third-order valence-corrected chi connectivity index (χ3v) is 2.41. The van der Waals surface area contributed by atoms with Crippen LogP contribution in [0, 0.1) is 11.2 Å². The molecule has 0 aliphatic carbocycles. The Morgan fingerprint density at radius 3 is 2.67 bits per heavy atom. The minimum Gasteiger partial charge on any atom is -0.396 e. The first-order valence-corrected chi connectivity index (χ1v) is 5.68. The summed E-state index contributed by atoms with van der Waals surface area (Å²) >= 11 is 0. The molecule has 0 unspecified atom stereocenters. The van der Waals surface area contributed by atoms with E-state index in [4.69, 9.17) is 5.73 Å². The van der Waals surface area contributed by atoms with Crippen molar-refractivity contribution in [3.05, 3.63) is 24.0 Å². The summed E-state index contributed by atoms with van der Waals surface area (Å²) in [6, 6.07) is 4.57. The normalized spacial score (nSPS) is 11.8. The van der Waals surface area contributed by atoms with Crippen LogP contribution in [0.25, 0.3) is 11.4 Å². The van der Waals surface area contributed by atoms with Crippen molar-refractivity contribution >= 4 is 5.69 Å². The maximum Gasteiger partial charge on any atom is 0.182 e. The molecule has 0 saturated heterocycles. The van der Waals surface area contributed by atoms with Gasteiger partial charge in [0.25, 0.3) is 0 Å². The predicted molar refractivity (Wildman–Crippen MR) is 67.1 cm³/mol. The van der Waals surface area contributed by atoms with Crippen LogP contribution in [-0.4, -0.2) is 20.2 Å². The summed E-state index contributed by atoms with van der Waals surface area (Å²) in [4.78, 5) is 0. The second-order valence-electron chi connectivity index (χ2n) is 5.46. The zero-order valence-electron chi connectivity index (χ0n) is 10.7. The highest BCUT2D eigenvalue weighted by Gasteiger charge is 2.17. The quantitative estimate of drug-likeness (QED) is 0.827. The molecule has 0 fully saturated rings. The highest BCUT2D eigenvalue weighted by molar-refractivity contribution is 5.59. The molecule has 5 nitrogen and oxygen atoms in total. The van der Waals surface area contributed by atoms with Crippen LogP contribution >= 0.6 is 0 Å². The summed E-state index contributed by atoms with van der Waals surface area (Å²) in [6.45, 7) is 6.91. The van der Waals surface area contributed by atoms with Crippen molar-refractivity contribution in [1.82, 2.24) is 20.2 Å². The number of benzene rings is 1. The van der Waals surface area contributed by atoms with Crippen molar-refractivity contribution in [1.29, 1.82) is 0 Å². The van der Waals surface area contributed by atoms with E-state index in [1.54, 1.807) is 10.7 Å². The molecule has 0 atom stereocenters. The second kappa shape index (κ2) is 4.36. The number of nitrogens with zero attached hydrogens (tertiary/aromatic N) is 4. The van der Waals surface area contributed by atoms with E-state index in [1.165, 1.54) is 12.1 Å². The van der Waals surface area contributed by atoms with Crippen LogP contribution in [0.4, 0.5) is 10.1 Å². The third kappa shape index (κ3) is 2.64. The fourth-order valence-electron chi connectivity index (χ4n) is 1.63. The summed E-state index contributed by atoms with van der Waals surface area (Å²) in [5.41, 5.74) is 6.23. The molecule has 0 saturated carbocycles. The van der Waals surface area contributed by atoms with Gasteiger partial charge in [0.1, 0.15) is 5.82 Å². The Morgan fingerprint density at radius 1 is 1.33 bits per heavy atom. The van der Waals surface area contributed by atoms with Gasteiger partial charge in [0, 0.05) is 12.1 Å². The largest absolute Gasteiger partial charge is 0.396 e. The average Bonchev–Trinajstić information content (AvgIpc) is 2.67. The van der Waals surface area contributed by atoms with Gasteiger partial charge in [0.05, 0.1) is 5.69 Å². The van der Waals surface area contributed by atoms with Crippen molar-refractivity contribution in [2.24, 2.45) is 5.41 Å². The van der Waals surface area contributed by atoms with Crippen LogP contribution in [0.2, 0.25) is 0 Å². The topological polar surface area (TPSA) is 69.6 Å². The van der Waals surface area contributed by atoms with Crippen molar-refractivity contribution < 1.29 is 4.39 Å². The Balaban J connectivity index is 2.39. The minimum atomic E-state index is -0.460. The number of anilines is 1. The standard InChI is InChI=1S/C12H16FN5/c1-12(2,3)7-18-11(15-16-17-18)8-4-5-10(14)9(13)6-8/h4-6H,7,14H2,1-3H3. The molecule has 2 aromatic rings. The van der Waals surface area contributed by atoms with Gasteiger partial charge in [-0.25, -0.2) is 9.07 Å². The van der Waals surface area contributed by atoms with Crippen LogP contribution in [-0.2, 0) is 6.54 Å². The van der Waals surface area contributed by atoms with E-state index < -0.39 is 5.82 Å². The number of hydrogen-bond donors (Lipinski definition) is 1. The van der Waals surface area contributed by atoms with Crippen LogP contribution in [0.5, 0.6) is 0 Å². The van der Waals surface area contributed by atoms with Gasteiger partial charge in [0.2, 0.25) is 0 Å². The zero-order valence-corrected chi connectivity index (χ0v) is 10.7. The molecule has 2 rings (SSSR count). The molecule has 0 spiro atoms. The fraction of sp³-hybridized carbons (Fsp3) is 0.417. The first-order valence-electron chi connectivity index (χ1n) is 5.68. The van der Waals surface area contributed by atoms with Crippen molar-refractivity contribution in [3.63, 3.8) is 0 Å². The molecule has 96 valence electrons. The zero-order chi connectivity index (χ0) is 13.3. The lowest BCUT2D eigenvalue weighted by atomic mass is 9.97. The molecular formula is C12H16FN5. The Morgan fingerprint density at radius 2 is 2.06 bits per heavy atom. The number of halogens is 1. The summed E-state index contributed by atoms with van der Waals surface area (Å²) in [5, 5.41) is 11.5. The van der Waals surface area contributed by atoms with Gasteiger partial charge in [-0.2, -0.15) is 0 Å². The SMILES string of the molecule is CC(C)(C)Cn1nnnc1-c1ccc(N)c(F)c1. The minimum absolute atomic E-state index is 0.0382. The smallest absolute Gasteiger partial charge is 0.182 e. The number of rotatable bonds is 2. The van der Waals surface area contributed by atoms with Crippen LogP contribution in [0.15, 0.2) is 18.2 Å². The molecule has 0 aliphatic rings. The fourth-order valence-corrected chi connectivity index (χ4v) is 1.63. The molecule has 0 bridgehead atoms. The average molecular weight is 249 g/mol. The van der Waals surface area contributed by atoms with Crippen molar-refractivity contribution in [3.8, 4) is 11.4 Å². The molecule has 0 amide bonds. The van der Waals surface area contributed by atoms with Crippen molar-refractivity contribution in [2.75, 3.05) is 5.73 Å². The highest BCUT2D eigenvalue weighted by atomic mass is 19.1. The molecule has 1 aromatic heterocycles. The number of nitrogens with two attached hydrogens (primary N) is 1. The molecule has 1 aromatic carbocycles. The number of hydrogen-bond acceptors (Lipinski definition) is 4. The summed E-state index contributed by atoms with van der Waals surface area (Å²) in [7, 11) is 0. The first kappa shape index (κ1) is 12.5. The van der Waals surface area contributed by atoms with Gasteiger partial charge in [-0.15, -0.1) is 5.10 Å². The van der Waals surface area contributed by atoms with Gasteiger partial charge in [-0.3, -0.25) is 0 Å². The highest BCUT2D eigenvalue weighted by Crippen LogP contribution is 2.23. The van der Waals surface area contributed by atoms with Crippen LogP contribution in [0.3, 0.4) is 0 Å². The Bertz CT molecular complexity index is 556. The first-order chi connectivity index (χ1) is 8.37. The van der Waals surface area contributed by atoms with E-state index >= 15 is 0 Å². The van der Waals surface area contributed by atoms with E-state index in [1.807, 2.05) is 0 Å². The molecule has 6 heteroatoms. The van der Waals surface area contributed by atoms with E-state index in [9.17, 15) is 4.39 Å². The Hall–Kier alpha value is -1.98. The second-order valence-corrected chi connectivity index (χ2v) is 5.46. The van der Waals surface area contributed by atoms with Gasteiger partial charge in [-0.1, -0.05) is 20.8 Å². The molecule has 1 heterocycles. The van der Waals surface area contributed by atoms with Gasteiger partial charge >= 0.3 is 0 Å². The molecule has 0 radical (unpaired) electrons. The van der Waals surface area contributed by atoms with E-state index in [0.29, 0.717) is 17.9 Å². The Kier molecular flexibility index (Phi) is 3.02. The predicted octanol–water partition coefficient (Wildman–Crippen LogP) is 2.11. The summed E-state index contributed by atoms with van der Waals surface area (Å²) < 4.78 is 15.1. The number of aromatic nitrogens is 4. The molecular weight excluding hydrogens is 233 g/mol. The maximum absolute atomic E-state index is 13.4. The van der Waals surface area contributed by atoms with Crippen LogP contribution in [0.1, 0.15) is 20.8 Å². The van der Waals surface area contributed by atoms with Crippen LogP contribution < -0.4 is 5.73 Å². The van der Waals surface area contributed by atoms with Gasteiger partial charge in [-0.05, 0) is 34.0 Å². The summed E-state index contributed by atoms with van der Waals surface area (Å²) in [5.74, 6) is 0.0848. The lowest BCUT2D eigenvalue weighted by Crippen LogP contribution is -2.17. The van der Waals surface area contributed by atoms with E-state index in [0.717, 1.165) is 0 Å². The number of nitrogen functional groups attached to an aromatic ring is 1. The van der Waals surface area contributed by atoms with Gasteiger partial charge < -0.3 is 5.73 Å². The lowest BCUT2D eigenvalue weighted by molar-refractivity contribution is 0.323. The van der Waals surface area contributed by atoms with E-state index in [-0.39, 0.29) is 11.1 Å². The monoisotopic (exact) mass is 249 g/mol. The Labute approximate surface area is 105 Å². The maximum atomic E-state index is 13.4. The lowest BCUT2D eigenvalue weighted by Gasteiger charge is -2.18. The molecule has 2 N–H and O–H groups in total. The molecule has 0 aliphatic heterocycles. The van der Waals surface area contributed by atoms with E-state index in [2.05, 4.69) is 36.3 Å². The van der Waals surface area contributed by atoms with Gasteiger partial charge in [0.15, 0.2) is 5.82 Å². The molecule has 18 heavy (non-hydrogen) atoms. The summed E-state index contributed by atoms with van der Waals surface area (Å²) in [6.07, 6.45) is 0. The number of tetrazole rings is 1. The van der Waals surface area contributed by atoms with Crippen molar-refractivity contribution in [2.45, 2.75) is 27.3 Å².